The fourth-order valence-corrected chi connectivity index (χ4v) is 3.63. The Labute approximate surface area is 115 Å². The molecule has 1 aromatic carbocycles. The molecule has 1 fully saturated rings. The van der Waals surface area contributed by atoms with Crippen LogP contribution in [-0.4, -0.2) is 42.9 Å². The Morgan fingerprint density at radius 3 is 2.74 bits per heavy atom. The summed E-state index contributed by atoms with van der Waals surface area (Å²) < 4.78 is 5.25. The molecule has 1 aliphatic heterocycles. The monoisotopic (exact) mass is 261 g/mol. The van der Waals surface area contributed by atoms with Crippen molar-refractivity contribution in [2.45, 2.75) is 31.4 Å². The van der Waals surface area contributed by atoms with E-state index in [1.54, 1.807) is 7.11 Å². The van der Waals surface area contributed by atoms with Gasteiger partial charge in [0.1, 0.15) is 0 Å². The second kappa shape index (κ2) is 5.61. The van der Waals surface area contributed by atoms with Crippen LogP contribution in [0.3, 0.4) is 0 Å². The minimum atomic E-state index is -0.239. The van der Waals surface area contributed by atoms with Gasteiger partial charge in [0.05, 0.1) is 12.1 Å². The third kappa shape index (κ3) is 2.55. The normalized spacial score (nSPS) is 28.5. The van der Waals surface area contributed by atoms with Crippen LogP contribution < -0.4 is 0 Å². The molecule has 2 aliphatic rings. The van der Waals surface area contributed by atoms with Gasteiger partial charge in [-0.1, -0.05) is 24.3 Å². The lowest BCUT2D eigenvalue weighted by Crippen LogP contribution is -2.40. The fourth-order valence-electron chi connectivity index (χ4n) is 3.63. The average Bonchev–Trinajstić information content (AvgIpc) is 2.76. The lowest BCUT2D eigenvalue weighted by molar-refractivity contribution is 0.0265. The molecule has 0 unspecified atom stereocenters. The number of nitrogens with zero attached hydrogens (tertiary/aromatic N) is 1. The van der Waals surface area contributed by atoms with E-state index < -0.39 is 0 Å². The van der Waals surface area contributed by atoms with Gasteiger partial charge in [0, 0.05) is 20.1 Å². The summed E-state index contributed by atoms with van der Waals surface area (Å²) >= 11 is 0. The fraction of sp³-hybridized carbons (Fsp3) is 0.625. The topological polar surface area (TPSA) is 32.7 Å². The van der Waals surface area contributed by atoms with Crippen molar-refractivity contribution in [2.75, 3.05) is 26.8 Å². The van der Waals surface area contributed by atoms with Gasteiger partial charge in [0.15, 0.2) is 0 Å². The van der Waals surface area contributed by atoms with Crippen molar-refractivity contribution in [3.8, 4) is 0 Å². The van der Waals surface area contributed by atoms with Crippen molar-refractivity contribution in [1.82, 2.24) is 4.90 Å². The highest BCUT2D eigenvalue weighted by atomic mass is 16.5. The van der Waals surface area contributed by atoms with Crippen molar-refractivity contribution in [3.05, 3.63) is 35.4 Å². The molecule has 1 aromatic rings. The molecule has 1 N–H and O–H groups in total. The first kappa shape index (κ1) is 13.1. The molecule has 0 radical (unpaired) electrons. The summed E-state index contributed by atoms with van der Waals surface area (Å²) in [6.45, 7) is 3.02. The minimum Gasteiger partial charge on any atom is -0.391 e. The standard InChI is InChI=1S/C16H23NO2/c1-19-11-12-6-8-17(9-7-12)16-14-5-3-2-4-13(14)10-15(16)18/h2-5,12,15-16,18H,6-11H2,1H3/t15-,16+/m0/s1. The van der Waals surface area contributed by atoms with Gasteiger partial charge in [0.2, 0.25) is 0 Å². The Balaban J connectivity index is 1.70. The van der Waals surface area contributed by atoms with E-state index in [1.165, 1.54) is 24.0 Å². The van der Waals surface area contributed by atoms with Crippen LogP contribution in [0.5, 0.6) is 0 Å². The maximum atomic E-state index is 10.4. The summed E-state index contributed by atoms with van der Waals surface area (Å²) in [4.78, 5) is 2.46. The van der Waals surface area contributed by atoms with E-state index in [-0.39, 0.29) is 12.1 Å². The van der Waals surface area contributed by atoms with E-state index in [1.807, 2.05) is 0 Å². The van der Waals surface area contributed by atoms with Crippen molar-refractivity contribution >= 4 is 0 Å². The molecule has 0 spiro atoms. The Kier molecular flexibility index (Phi) is 3.87. The molecule has 104 valence electrons. The quantitative estimate of drug-likeness (QED) is 0.903. The largest absolute Gasteiger partial charge is 0.391 e. The van der Waals surface area contributed by atoms with Gasteiger partial charge >= 0.3 is 0 Å². The number of ether oxygens (including phenoxy) is 1. The van der Waals surface area contributed by atoms with Gasteiger partial charge in [-0.05, 0) is 43.0 Å². The molecule has 0 bridgehead atoms. The Morgan fingerprint density at radius 2 is 2.00 bits per heavy atom. The van der Waals surface area contributed by atoms with E-state index >= 15 is 0 Å². The zero-order valence-electron chi connectivity index (χ0n) is 11.6. The van der Waals surface area contributed by atoms with Crippen LogP contribution in [0.4, 0.5) is 0 Å². The number of hydrogen-bond acceptors (Lipinski definition) is 3. The molecule has 3 nitrogen and oxygen atoms in total. The van der Waals surface area contributed by atoms with Gasteiger partial charge in [-0.2, -0.15) is 0 Å². The second-order valence-electron chi connectivity index (χ2n) is 5.85. The van der Waals surface area contributed by atoms with Crippen LogP contribution in [0.15, 0.2) is 24.3 Å². The zero-order valence-corrected chi connectivity index (χ0v) is 11.6. The number of methoxy groups -OCH3 is 1. The Hall–Kier alpha value is -0.900. The molecular formula is C16H23NO2. The summed E-state index contributed by atoms with van der Waals surface area (Å²) in [5, 5.41) is 10.4. The van der Waals surface area contributed by atoms with Crippen molar-refractivity contribution in [3.63, 3.8) is 0 Å². The third-order valence-electron chi connectivity index (χ3n) is 4.61. The molecule has 1 saturated heterocycles. The SMILES string of the molecule is COCC1CCN([C@@H]2c3ccccc3C[C@@H]2O)CC1. The predicted octanol–water partition coefficient (Wildman–Crippen LogP) is 2.00. The van der Waals surface area contributed by atoms with Crippen molar-refractivity contribution in [1.29, 1.82) is 0 Å². The maximum Gasteiger partial charge on any atom is 0.0777 e. The molecule has 1 aliphatic carbocycles. The summed E-state index contributed by atoms with van der Waals surface area (Å²) in [6.07, 6.45) is 2.92. The number of likely N-dealkylation sites (tertiary alicyclic amines) is 1. The summed E-state index contributed by atoms with van der Waals surface area (Å²) in [6, 6.07) is 8.69. The van der Waals surface area contributed by atoms with E-state index in [0.29, 0.717) is 5.92 Å². The van der Waals surface area contributed by atoms with E-state index in [4.69, 9.17) is 4.74 Å². The highest BCUT2D eigenvalue weighted by molar-refractivity contribution is 5.36. The number of aliphatic hydroxyl groups excluding tert-OH is 1. The molecule has 0 saturated carbocycles. The van der Waals surface area contributed by atoms with Gasteiger partial charge in [0.25, 0.3) is 0 Å². The summed E-state index contributed by atoms with van der Waals surface area (Å²) in [5.41, 5.74) is 2.65. The molecule has 2 atom stereocenters. The van der Waals surface area contributed by atoms with Gasteiger partial charge in [-0.25, -0.2) is 0 Å². The van der Waals surface area contributed by atoms with Crippen molar-refractivity contribution in [2.24, 2.45) is 5.92 Å². The highest BCUT2D eigenvalue weighted by Crippen LogP contribution is 2.37. The smallest absolute Gasteiger partial charge is 0.0777 e. The molecule has 1 heterocycles. The van der Waals surface area contributed by atoms with Crippen LogP contribution in [0.2, 0.25) is 0 Å². The number of rotatable bonds is 3. The summed E-state index contributed by atoms with van der Waals surface area (Å²) in [5.74, 6) is 0.690. The lowest BCUT2D eigenvalue weighted by atomic mass is 9.95. The molecular weight excluding hydrogens is 238 g/mol. The second-order valence-corrected chi connectivity index (χ2v) is 5.85. The first-order valence-corrected chi connectivity index (χ1v) is 7.28. The van der Waals surface area contributed by atoms with Crippen LogP contribution >= 0.6 is 0 Å². The van der Waals surface area contributed by atoms with Crippen LogP contribution in [0.1, 0.15) is 30.0 Å². The zero-order chi connectivity index (χ0) is 13.2. The molecule has 3 heteroatoms. The number of benzene rings is 1. The first-order chi connectivity index (χ1) is 9.29. The molecule has 0 amide bonds. The van der Waals surface area contributed by atoms with Crippen LogP contribution in [-0.2, 0) is 11.2 Å². The lowest BCUT2D eigenvalue weighted by Gasteiger charge is -2.37. The van der Waals surface area contributed by atoms with Crippen LogP contribution in [0.25, 0.3) is 0 Å². The van der Waals surface area contributed by atoms with Gasteiger partial charge in [-0.15, -0.1) is 0 Å². The average molecular weight is 261 g/mol. The molecule has 19 heavy (non-hydrogen) atoms. The Bertz CT molecular complexity index is 427. The third-order valence-corrected chi connectivity index (χ3v) is 4.61. The van der Waals surface area contributed by atoms with Gasteiger partial charge < -0.3 is 9.84 Å². The number of hydrogen-bond donors (Lipinski definition) is 1. The van der Waals surface area contributed by atoms with E-state index in [9.17, 15) is 5.11 Å². The van der Waals surface area contributed by atoms with Crippen molar-refractivity contribution < 1.29 is 9.84 Å². The van der Waals surface area contributed by atoms with E-state index in [0.717, 1.165) is 26.1 Å². The minimum absolute atomic E-state index is 0.208. The first-order valence-electron chi connectivity index (χ1n) is 7.28. The molecule has 0 aromatic heterocycles. The highest BCUT2D eigenvalue weighted by Gasteiger charge is 2.36. The summed E-state index contributed by atoms with van der Waals surface area (Å²) in [7, 11) is 1.78. The molecule has 3 rings (SSSR count). The predicted molar refractivity (Wildman–Crippen MR) is 75.1 cm³/mol. The Morgan fingerprint density at radius 1 is 1.26 bits per heavy atom. The maximum absolute atomic E-state index is 10.4. The number of fused-ring (bicyclic) bond motifs is 1. The number of aliphatic hydroxyl groups is 1. The van der Waals surface area contributed by atoms with E-state index in [2.05, 4.69) is 29.2 Å². The number of piperidine rings is 1. The van der Waals surface area contributed by atoms with Gasteiger partial charge in [-0.3, -0.25) is 4.90 Å². The van der Waals surface area contributed by atoms with Crippen LogP contribution in [0, 0.1) is 5.92 Å².